The number of fused-ring (bicyclic) bond motifs is 2. The van der Waals surface area contributed by atoms with E-state index in [4.69, 9.17) is 11.6 Å². The maximum absolute atomic E-state index is 10.4. The minimum absolute atomic E-state index is 0.0520. The molecule has 2 N–H and O–H groups in total. The molecule has 3 nitrogen and oxygen atoms in total. The molecular formula is C19H20ClNO2. The van der Waals surface area contributed by atoms with Crippen LogP contribution in [0.15, 0.2) is 24.3 Å². The topological polar surface area (TPSA) is 43.7 Å². The lowest BCUT2D eigenvalue weighted by atomic mass is 9.76. The van der Waals surface area contributed by atoms with E-state index in [0.717, 1.165) is 43.5 Å². The SMILES string of the molecule is CCCN1CCc2cccc3c2C1Cc1c(Cl)cc(O)c(O)c1-3. The van der Waals surface area contributed by atoms with E-state index in [2.05, 4.69) is 17.9 Å². The van der Waals surface area contributed by atoms with Gasteiger partial charge in [-0.05, 0) is 48.1 Å². The maximum atomic E-state index is 10.4. The van der Waals surface area contributed by atoms with E-state index in [1.54, 1.807) is 0 Å². The summed E-state index contributed by atoms with van der Waals surface area (Å²) in [5, 5.41) is 20.9. The van der Waals surface area contributed by atoms with E-state index in [9.17, 15) is 10.2 Å². The van der Waals surface area contributed by atoms with Gasteiger partial charge in [0.05, 0.1) is 0 Å². The average Bonchev–Trinajstić information content (AvgIpc) is 2.55. The number of hydrogen-bond donors (Lipinski definition) is 2. The molecule has 0 spiro atoms. The molecule has 4 heteroatoms. The lowest BCUT2D eigenvalue weighted by Crippen LogP contribution is -2.38. The smallest absolute Gasteiger partial charge is 0.165 e. The summed E-state index contributed by atoms with van der Waals surface area (Å²) < 4.78 is 0. The van der Waals surface area contributed by atoms with E-state index >= 15 is 0 Å². The monoisotopic (exact) mass is 329 g/mol. The molecule has 2 aromatic carbocycles. The number of benzene rings is 2. The summed E-state index contributed by atoms with van der Waals surface area (Å²) in [6.45, 7) is 4.33. The molecule has 0 fully saturated rings. The molecule has 0 amide bonds. The van der Waals surface area contributed by atoms with Gasteiger partial charge in [0.15, 0.2) is 11.5 Å². The first-order valence-corrected chi connectivity index (χ1v) is 8.59. The van der Waals surface area contributed by atoms with E-state index < -0.39 is 0 Å². The molecule has 1 aliphatic heterocycles. The summed E-state index contributed by atoms with van der Waals surface area (Å²) in [5.74, 6) is -0.199. The fourth-order valence-corrected chi connectivity index (χ4v) is 4.45. The van der Waals surface area contributed by atoms with Crippen LogP contribution in [0.25, 0.3) is 11.1 Å². The minimum Gasteiger partial charge on any atom is -0.504 e. The number of hydrogen-bond acceptors (Lipinski definition) is 3. The van der Waals surface area contributed by atoms with E-state index in [1.807, 2.05) is 12.1 Å². The molecule has 120 valence electrons. The van der Waals surface area contributed by atoms with Gasteiger partial charge in [-0.1, -0.05) is 36.7 Å². The van der Waals surface area contributed by atoms with E-state index in [0.29, 0.717) is 16.6 Å². The van der Waals surface area contributed by atoms with Crippen molar-refractivity contribution in [2.45, 2.75) is 32.2 Å². The van der Waals surface area contributed by atoms with Gasteiger partial charge in [-0.15, -0.1) is 0 Å². The van der Waals surface area contributed by atoms with Crippen LogP contribution in [0.5, 0.6) is 11.5 Å². The zero-order valence-electron chi connectivity index (χ0n) is 13.1. The molecule has 1 aliphatic carbocycles. The van der Waals surface area contributed by atoms with Crippen molar-refractivity contribution in [2.75, 3.05) is 13.1 Å². The van der Waals surface area contributed by atoms with Crippen LogP contribution in [0.1, 0.15) is 36.1 Å². The van der Waals surface area contributed by atoms with Crippen LogP contribution in [0, 0.1) is 0 Å². The highest BCUT2D eigenvalue weighted by Crippen LogP contribution is 2.52. The Bertz CT molecular complexity index is 787. The highest BCUT2D eigenvalue weighted by atomic mass is 35.5. The van der Waals surface area contributed by atoms with Gasteiger partial charge in [0.1, 0.15) is 0 Å². The van der Waals surface area contributed by atoms with Crippen molar-refractivity contribution < 1.29 is 10.2 Å². The molecule has 0 radical (unpaired) electrons. The van der Waals surface area contributed by atoms with Crippen molar-refractivity contribution in [3.63, 3.8) is 0 Å². The molecule has 4 rings (SSSR count). The Morgan fingerprint density at radius 1 is 1.30 bits per heavy atom. The van der Waals surface area contributed by atoms with Crippen LogP contribution in [0.3, 0.4) is 0 Å². The Hall–Kier alpha value is -1.71. The molecule has 0 saturated heterocycles. The number of phenolic OH excluding ortho intramolecular Hbond substituents is 2. The maximum Gasteiger partial charge on any atom is 0.165 e. The van der Waals surface area contributed by atoms with Crippen molar-refractivity contribution in [1.29, 1.82) is 0 Å². The summed E-state index contributed by atoms with van der Waals surface area (Å²) in [6, 6.07) is 8.02. The predicted molar refractivity (Wildman–Crippen MR) is 92.2 cm³/mol. The zero-order chi connectivity index (χ0) is 16.1. The number of halogens is 1. The molecular weight excluding hydrogens is 310 g/mol. The molecule has 0 saturated carbocycles. The summed E-state index contributed by atoms with van der Waals surface area (Å²) in [6.07, 6.45) is 2.93. The van der Waals surface area contributed by atoms with Gasteiger partial charge in [-0.2, -0.15) is 0 Å². The standard InChI is InChI=1S/C19H20ClNO2/c1-2-7-21-8-6-11-4-3-5-12-17(11)15(21)9-13-14(20)10-16(22)19(23)18(12)13/h3-5,10,15,22-23H,2,6-9H2,1H3. The molecule has 23 heavy (non-hydrogen) atoms. The lowest BCUT2D eigenvalue weighted by Gasteiger charge is -2.42. The highest BCUT2D eigenvalue weighted by Gasteiger charge is 2.36. The fraction of sp³-hybridized carbons (Fsp3) is 0.368. The van der Waals surface area contributed by atoms with Gasteiger partial charge in [-0.3, -0.25) is 4.90 Å². The Kier molecular flexibility index (Phi) is 3.51. The first-order valence-electron chi connectivity index (χ1n) is 8.21. The first-order chi connectivity index (χ1) is 11.1. The second-order valence-electron chi connectivity index (χ2n) is 6.46. The summed E-state index contributed by atoms with van der Waals surface area (Å²) >= 11 is 6.40. The summed E-state index contributed by atoms with van der Waals surface area (Å²) in [7, 11) is 0. The Balaban J connectivity index is 1.98. The zero-order valence-corrected chi connectivity index (χ0v) is 13.9. The van der Waals surface area contributed by atoms with Crippen molar-refractivity contribution >= 4 is 11.6 Å². The molecule has 0 bridgehead atoms. The molecule has 1 atom stereocenters. The van der Waals surface area contributed by atoms with Crippen molar-refractivity contribution in [2.24, 2.45) is 0 Å². The molecule has 1 heterocycles. The normalized spacial score (nSPS) is 19.3. The van der Waals surface area contributed by atoms with Crippen molar-refractivity contribution in [1.82, 2.24) is 4.90 Å². The van der Waals surface area contributed by atoms with E-state index in [1.165, 1.54) is 17.2 Å². The van der Waals surface area contributed by atoms with Crippen LogP contribution in [0.2, 0.25) is 5.02 Å². The predicted octanol–water partition coefficient (Wildman–Crippen LogP) is 4.28. The Labute approximate surface area is 141 Å². The van der Waals surface area contributed by atoms with Gasteiger partial charge in [0.2, 0.25) is 0 Å². The number of rotatable bonds is 2. The summed E-state index contributed by atoms with van der Waals surface area (Å²) in [5.41, 5.74) is 5.33. The average molecular weight is 330 g/mol. The lowest BCUT2D eigenvalue weighted by molar-refractivity contribution is 0.183. The largest absolute Gasteiger partial charge is 0.504 e. The van der Waals surface area contributed by atoms with Crippen molar-refractivity contribution in [3.8, 4) is 22.6 Å². The van der Waals surface area contributed by atoms with Gasteiger partial charge in [0.25, 0.3) is 0 Å². The van der Waals surface area contributed by atoms with Gasteiger partial charge < -0.3 is 10.2 Å². The molecule has 1 unspecified atom stereocenters. The second kappa shape index (κ2) is 5.43. The van der Waals surface area contributed by atoms with Crippen LogP contribution < -0.4 is 0 Å². The van der Waals surface area contributed by atoms with Gasteiger partial charge in [0, 0.05) is 29.2 Å². The van der Waals surface area contributed by atoms with Crippen molar-refractivity contribution in [3.05, 3.63) is 46.0 Å². The third-order valence-electron chi connectivity index (χ3n) is 5.15. The van der Waals surface area contributed by atoms with Crippen LogP contribution in [-0.2, 0) is 12.8 Å². The Morgan fingerprint density at radius 3 is 2.91 bits per heavy atom. The summed E-state index contributed by atoms with van der Waals surface area (Å²) in [4.78, 5) is 2.52. The molecule has 2 aromatic rings. The number of nitrogens with zero attached hydrogens (tertiary/aromatic N) is 1. The fourth-order valence-electron chi connectivity index (χ4n) is 4.18. The second-order valence-corrected chi connectivity index (χ2v) is 6.87. The van der Waals surface area contributed by atoms with Crippen LogP contribution >= 0.6 is 11.6 Å². The third kappa shape index (κ3) is 2.14. The molecule has 2 aliphatic rings. The Morgan fingerprint density at radius 2 is 2.13 bits per heavy atom. The van der Waals surface area contributed by atoms with Gasteiger partial charge >= 0.3 is 0 Å². The number of aromatic hydroxyl groups is 2. The number of phenols is 2. The van der Waals surface area contributed by atoms with E-state index in [-0.39, 0.29) is 11.5 Å². The quantitative estimate of drug-likeness (QED) is 0.808. The highest BCUT2D eigenvalue weighted by molar-refractivity contribution is 6.32. The first kappa shape index (κ1) is 14.9. The van der Waals surface area contributed by atoms with Gasteiger partial charge in [-0.25, -0.2) is 0 Å². The third-order valence-corrected chi connectivity index (χ3v) is 5.49. The molecule has 0 aromatic heterocycles. The minimum atomic E-state index is -0.147. The van der Waals surface area contributed by atoms with Crippen LogP contribution in [0.4, 0.5) is 0 Å². The van der Waals surface area contributed by atoms with Crippen LogP contribution in [-0.4, -0.2) is 28.2 Å².